The lowest BCUT2D eigenvalue weighted by atomic mass is 10.1. The zero-order valence-corrected chi connectivity index (χ0v) is 14.9. The standard InChI is InChI=1S/C16H23N3O2S.ClH/c1-22-10-8-14(17)16(21)18-11-12-4-6-13(7-5-12)19-9-2-3-15(19)20;/h4-7,14H,2-3,8-11,17H2,1H3,(H,18,21);1H/t14-;/m0./s1. The molecule has 0 aliphatic carbocycles. The maximum atomic E-state index is 11.8. The maximum absolute atomic E-state index is 11.8. The van der Waals surface area contributed by atoms with Gasteiger partial charge in [0.15, 0.2) is 0 Å². The van der Waals surface area contributed by atoms with Crippen molar-refractivity contribution in [1.82, 2.24) is 5.32 Å². The Morgan fingerprint density at radius 1 is 1.39 bits per heavy atom. The van der Waals surface area contributed by atoms with E-state index in [0.29, 0.717) is 19.4 Å². The van der Waals surface area contributed by atoms with Gasteiger partial charge in [-0.25, -0.2) is 0 Å². The van der Waals surface area contributed by atoms with Crippen LogP contribution >= 0.6 is 24.2 Å². The molecule has 0 unspecified atom stereocenters. The number of anilines is 1. The molecule has 2 amide bonds. The molecule has 1 saturated heterocycles. The first-order valence-electron chi connectivity index (χ1n) is 7.53. The molecule has 2 rings (SSSR count). The van der Waals surface area contributed by atoms with Crippen LogP contribution in [0.1, 0.15) is 24.8 Å². The van der Waals surface area contributed by atoms with Crippen molar-refractivity contribution >= 4 is 41.7 Å². The van der Waals surface area contributed by atoms with Crippen molar-refractivity contribution < 1.29 is 9.59 Å². The highest BCUT2D eigenvalue weighted by Gasteiger charge is 2.21. The van der Waals surface area contributed by atoms with E-state index in [-0.39, 0.29) is 24.2 Å². The normalized spacial score (nSPS) is 15.2. The number of nitrogens with one attached hydrogen (secondary N) is 1. The number of carbonyl (C=O) groups excluding carboxylic acids is 2. The molecule has 7 heteroatoms. The van der Waals surface area contributed by atoms with E-state index < -0.39 is 6.04 Å². The van der Waals surface area contributed by atoms with Gasteiger partial charge >= 0.3 is 0 Å². The molecule has 1 heterocycles. The highest BCUT2D eigenvalue weighted by molar-refractivity contribution is 7.98. The summed E-state index contributed by atoms with van der Waals surface area (Å²) in [6, 6.07) is 7.29. The number of hydrogen-bond donors (Lipinski definition) is 2. The molecule has 1 aliphatic rings. The van der Waals surface area contributed by atoms with E-state index in [1.54, 1.807) is 16.7 Å². The van der Waals surface area contributed by atoms with Crippen molar-refractivity contribution in [1.29, 1.82) is 0 Å². The van der Waals surface area contributed by atoms with E-state index in [1.165, 1.54) is 0 Å². The summed E-state index contributed by atoms with van der Waals surface area (Å²) in [6.45, 7) is 1.25. The Kier molecular flexibility index (Phi) is 8.44. The van der Waals surface area contributed by atoms with Crippen LogP contribution in [-0.2, 0) is 16.1 Å². The van der Waals surface area contributed by atoms with Crippen LogP contribution in [0, 0.1) is 0 Å². The highest BCUT2D eigenvalue weighted by atomic mass is 35.5. The molecule has 0 aromatic heterocycles. The summed E-state index contributed by atoms with van der Waals surface area (Å²) in [7, 11) is 0. The molecule has 5 nitrogen and oxygen atoms in total. The quantitative estimate of drug-likeness (QED) is 0.781. The molecule has 23 heavy (non-hydrogen) atoms. The monoisotopic (exact) mass is 357 g/mol. The average Bonchev–Trinajstić information content (AvgIpc) is 2.96. The summed E-state index contributed by atoms with van der Waals surface area (Å²) in [5, 5.41) is 2.85. The molecule has 0 bridgehead atoms. The second-order valence-corrected chi connectivity index (χ2v) is 6.41. The lowest BCUT2D eigenvalue weighted by molar-refractivity contribution is -0.122. The van der Waals surface area contributed by atoms with Crippen LogP contribution in [0.5, 0.6) is 0 Å². The van der Waals surface area contributed by atoms with Gasteiger partial charge in [-0.3, -0.25) is 9.59 Å². The van der Waals surface area contributed by atoms with Gasteiger partial charge in [0.1, 0.15) is 0 Å². The number of hydrogen-bond acceptors (Lipinski definition) is 4. The number of nitrogens with zero attached hydrogens (tertiary/aromatic N) is 1. The number of halogens is 1. The fraction of sp³-hybridized carbons (Fsp3) is 0.500. The second kappa shape index (κ2) is 9.80. The van der Waals surface area contributed by atoms with Crippen LogP contribution < -0.4 is 16.0 Å². The van der Waals surface area contributed by atoms with Gasteiger partial charge in [-0.1, -0.05) is 12.1 Å². The first kappa shape index (κ1) is 19.8. The zero-order chi connectivity index (χ0) is 15.9. The highest BCUT2D eigenvalue weighted by Crippen LogP contribution is 2.21. The van der Waals surface area contributed by atoms with E-state index >= 15 is 0 Å². The molecule has 1 aliphatic heterocycles. The molecule has 1 atom stereocenters. The fourth-order valence-corrected chi connectivity index (χ4v) is 2.90. The van der Waals surface area contributed by atoms with Gasteiger partial charge < -0.3 is 16.0 Å². The molecule has 3 N–H and O–H groups in total. The van der Waals surface area contributed by atoms with Crippen LogP contribution in [0.25, 0.3) is 0 Å². The minimum Gasteiger partial charge on any atom is -0.351 e. The summed E-state index contributed by atoms with van der Waals surface area (Å²) < 4.78 is 0. The third kappa shape index (κ3) is 5.71. The number of thioether (sulfide) groups is 1. The molecular weight excluding hydrogens is 334 g/mol. The van der Waals surface area contributed by atoms with Gasteiger partial charge in [0.2, 0.25) is 11.8 Å². The van der Waals surface area contributed by atoms with E-state index in [2.05, 4.69) is 5.32 Å². The van der Waals surface area contributed by atoms with E-state index in [9.17, 15) is 9.59 Å². The molecule has 0 radical (unpaired) electrons. The van der Waals surface area contributed by atoms with E-state index in [4.69, 9.17) is 5.73 Å². The number of nitrogens with two attached hydrogens (primary N) is 1. The number of amides is 2. The maximum Gasteiger partial charge on any atom is 0.237 e. The summed E-state index contributed by atoms with van der Waals surface area (Å²) in [6.07, 6.45) is 4.23. The summed E-state index contributed by atoms with van der Waals surface area (Å²) in [5.74, 6) is 0.946. The second-order valence-electron chi connectivity index (χ2n) is 5.42. The van der Waals surface area contributed by atoms with Crippen molar-refractivity contribution in [3.05, 3.63) is 29.8 Å². The minimum absolute atomic E-state index is 0. The molecule has 0 saturated carbocycles. The van der Waals surface area contributed by atoms with Crippen molar-refractivity contribution in [2.75, 3.05) is 23.5 Å². The van der Waals surface area contributed by atoms with Gasteiger partial charge in [0.05, 0.1) is 6.04 Å². The molecule has 1 fully saturated rings. The van der Waals surface area contributed by atoms with E-state index in [1.807, 2.05) is 30.5 Å². The number of benzene rings is 1. The predicted octanol–water partition coefficient (Wildman–Crippen LogP) is 1.93. The Balaban J connectivity index is 0.00000264. The zero-order valence-electron chi connectivity index (χ0n) is 13.3. The van der Waals surface area contributed by atoms with Crippen molar-refractivity contribution in [3.8, 4) is 0 Å². The Morgan fingerprint density at radius 2 is 2.09 bits per heavy atom. The van der Waals surface area contributed by atoms with Gasteiger partial charge in [-0.2, -0.15) is 11.8 Å². The Bertz CT molecular complexity index is 525. The van der Waals surface area contributed by atoms with Gasteiger partial charge in [-0.15, -0.1) is 12.4 Å². The van der Waals surface area contributed by atoms with Crippen LogP contribution in [0.15, 0.2) is 24.3 Å². The summed E-state index contributed by atoms with van der Waals surface area (Å²) in [4.78, 5) is 25.3. The topological polar surface area (TPSA) is 75.4 Å². The third-order valence-electron chi connectivity index (χ3n) is 3.76. The smallest absolute Gasteiger partial charge is 0.237 e. The van der Waals surface area contributed by atoms with Crippen LogP contribution in [0.3, 0.4) is 0 Å². The summed E-state index contributed by atoms with van der Waals surface area (Å²) >= 11 is 1.68. The summed E-state index contributed by atoms with van der Waals surface area (Å²) in [5.41, 5.74) is 7.75. The minimum atomic E-state index is -0.450. The van der Waals surface area contributed by atoms with Crippen molar-refractivity contribution in [2.45, 2.75) is 31.8 Å². The van der Waals surface area contributed by atoms with Gasteiger partial charge in [0, 0.05) is 25.2 Å². The van der Waals surface area contributed by atoms with Crippen LogP contribution in [-0.4, -0.2) is 36.4 Å². The molecular formula is C16H24ClN3O2S. The van der Waals surface area contributed by atoms with Gasteiger partial charge in [-0.05, 0) is 42.5 Å². The first-order chi connectivity index (χ1) is 10.6. The SMILES string of the molecule is CSCC[C@H](N)C(=O)NCc1ccc(N2CCCC2=O)cc1.Cl. The predicted molar refractivity (Wildman–Crippen MR) is 98.1 cm³/mol. The Morgan fingerprint density at radius 3 is 2.65 bits per heavy atom. The van der Waals surface area contributed by atoms with Crippen LogP contribution in [0.2, 0.25) is 0 Å². The van der Waals surface area contributed by atoms with Gasteiger partial charge in [0.25, 0.3) is 0 Å². The fourth-order valence-electron chi connectivity index (χ4n) is 2.41. The first-order valence-corrected chi connectivity index (χ1v) is 8.92. The van der Waals surface area contributed by atoms with Crippen molar-refractivity contribution in [2.24, 2.45) is 5.73 Å². The molecule has 1 aromatic carbocycles. The van der Waals surface area contributed by atoms with E-state index in [0.717, 1.165) is 30.0 Å². The largest absolute Gasteiger partial charge is 0.351 e. The molecule has 128 valence electrons. The van der Waals surface area contributed by atoms with Crippen molar-refractivity contribution in [3.63, 3.8) is 0 Å². The van der Waals surface area contributed by atoms with Crippen LogP contribution in [0.4, 0.5) is 5.69 Å². The third-order valence-corrected chi connectivity index (χ3v) is 4.40. The average molecular weight is 358 g/mol. The Hall–Kier alpha value is -1.24. The lowest BCUT2D eigenvalue weighted by Gasteiger charge is -2.16. The Labute approximate surface area is 147 Å². The number of rotatable bonds is 7. The molecule has 1 aromatic rings. The number of carbonyl (C=O) groups is 2. The molecule has 0 spiro atoms. The lowest BCUT2D eigenvalue weighted by Crippen LogP contribution is -2.40.